The normalized spacial score (nSPS) is 20.2. The van der Waals surface area contributed by atoms with E-state index in [9.17, 15) is 24.6 Å². The Balaban J connectivity index is 0.00000149. The lowest BCUT2D eigenvalue weighted by Crippen LogP contribution is -2.71. The number of aliphatic hydroxyl groups is 1. The molecule has 2 aliphatic heterocycles. The van der Waals surface area contributed by atoms with Crippen LogP contribution in [-0.2, 0) is 14.4 Å². The number of phenols is 1. The number of H-pyrrole nitrogens is 1. The Bertz CT molecular complexity index is 1050. The van der Waals surface area contributed by atoms with Gasteiger partial charge in [0.1, 0.15) is 33.9 Å². The summed E-state index contributed by atoms with van der Waals surface area (Å²) in [4.78, 5) is 38.4. The number of nitrogens with zero attached hydrogens (tertiary/aromatic N) is 3. The number of aliphatic hydroxyl groups excluding tert-OH is 1. The van der Waals surface area contributed by atoms with E-state index in [0.717, 1.165) is 7.11 Å². The third-order valence-corrected chi connectivity index (χ3v) is 7.19. The Morgan fingerprint density at radius 3 is 2.67 bits per heavy atom. The van der Waals surface area contributed by atoms with Crippen LogP contribution < -0.4 is 11.1 Å². The molecule has 3 heterocycles. The minimum absolute atomic E-state index is 0.0466. The fraction of sp³-hybridized carbons (Fsp3) is 0.316. The van der Waals surface area contributed by atoms with Crippen LogP contribution in [0, 0.1) is 0 Å². The lowest BCUT2D eigenvalue weighted by molar-refractivity contribution is -0.150. The van der Waals surface area contributed by atoms with Gasteiger partial charge in [-0.3, -0.25) is 14.5 Å². The number of hydrogen-bond donors (Lipinski definition) is 6. The number of carboxylic acids is 1. The average molecular weight is 495 g/mol. The highest BCUT2D eigenvalue weighted by atomic mass is 32.2. The zero-order valence-corrected chi connectivity index (χ0v) is 19.0. The second-order valence-corrected chi connectivity index (χ2v) is 8.92. The minimum Gasteiger partial charge on any atom is -0.508 e. The summed E-state index contributed by atoms with van der Waals surface area (Å²) in [6.07, 6.45) is 1.53. The van der Waals surface area contributed by atoms with Crippen LogP contribution in [0.15, 0.2) is 46.8 Å². The molecule has 2 amide bonds. The molecule has 1 aromatic heterocycles. The molecule has 1 fully saturated rings. The number of β-lactam (4-membered cyclic amide) rings is 1. The van der Waals surface area contributed by atoms with Gasteiger partial charge in [0.05, 0.1) is 6.20 Å². The van der Waals surface area contributed by atoms with Crippen molar-refractivity contribution in [2.24, 2.45) is 5.73 Å². The largest absolute Gasteiger partial charge is 0.508 e. The number of nitrogens with one attached hydrogen (secondary N) is 2. The molecule has 0 saturated carbocycles. The number of rotatable bonds is 7. The van der Waals surface area contributed by atoms with Crippen molar-refractivity contribution in [3.8, 4) is 5.75 Å². The molecule has 3 atom stereocenters. The number of phenolic OH excluding ortho intramolecular Hbond substituents is 1. The van der Waals surface area contributed by atoms with E-state index in [4.69, 9.17) is 10.8 Å². The molecule has 1 aromatic carbocycles. The van der Waals surface area contributed by atoms with E-state index in [0.29, 0.717) is 27.7 Å². The zero-order valence-electron chi connectivity index (χ0n) is 17.3. The first kappa shape index (κ1) is 24.6. The van der Waals surface area contributed by atoms with Gasteiger partial charge >= 0.3 is 5.97 Å². The number of hydrogen-bond acceptors (Lipinski definition) is 10. The van der Waals surface area contributed by atoms with E-state index in [1.165, 1.54) is 58.9 Å². The molecule has 2 aliphatic rings. The summed E-state index contributed by atoms with van der Waals surface area (Å²) >= 11 is 2.70. The number of aromatic amines is 1. The summed E-state index contributed by atoms with van der Waals surface area (Å²) in [5, 5.41) is 38.9. The van der Waals surface area contributed by atoms with Crippen LogP contribution in [0.4, 0.5) is 0 Å². The van der Waals surface area contributed by atoms with Gasteiger partial charge in [-0.15, -0.1) is 16.9 Å². The van der Waals surface area contributed by atoms with Crippen LogP contribution in [0.2, 0.25) is 0 Å². The molecular weight excluding hydrogens is 472 g/mol. The van der Waals surface area contributed by atoms with Gasteiger partial charge in [0, 0.05) is 18.6 Å². The number of amides is 2. The molecule has 0 bridgehead atoms. The second-order valence-electron chi connectivity index (χ2n) is 6.82. The van der Waals surface area contributed by atoms with E-state index in [1.54, 1.807) is 0 Å². The maximum Gasteiger partial charge on any atom is 0.352 e. The quantitative estimate of drug-likeness (QED) is 0.217. The average Bonchev–Trinajstić information content (AvgIpc) is 3.35. The van der Waals surface area contributed by atoms with Gasteiger partial charge in [-0.1, -0.05) is 23.9 Å². The molecule has 2 unspecified atom stereocenters. The van der Waals surface area contributed by atoms with Gasteiger partial charge in [-0.05, 0) is 23.3 Å². The Morgan fingerprint density at radius 2 is 2.06 bits per heavy atom. The number of carboxylic acid groups (broad SMARTS) is 1. The molecule has 1 saturated heterocycles. The van der Waals surface area contributed by atoms with Crippen LogP contribution in [0.3, 0.4) is 0 Å². The highest BCUT2D eigenvalue weighted by Crippen LogP contribution is 2.41. The van der Waals surface area contributed by atoms with Crippen LogP contribution in [-0.4, -0.2) is 83.4 Å². The molecule has 12 nitrogen and oxygen atoms in total. The molecule has 0 aliphatic carbocycles. The summed E-state index contributed by atoms with van der Waals surface area (Å²) in [6, 6.07) is 3.98. The smallest absolute Gasteiger partial charge is 0.352 e. The summed E-state index contributed by atoms with van der Waals surface area (Å²) < 4.78 is 0. The maximum atomic E-state index is 12.7. The molecule has 0 spiro atoms. The standard InChI is InChI=1S/C18H18N6O5S2.CH4O/c19-12(8-1-3-10(25)4-2-8)15(26)21-13-16(27)24-14(18(28)29)9(7-31-17(13)24)6-30-11-5-20-23-22-11;1-2/h1-5,12-13,17,25H,6-7,19H2,(H,21,26)(H,28,29)(H,20,22,23);2H,1H3/t12?,13?,17-;/m0./s1. The molecule has 7 N–H and O–H groups in total. The van der Waals surface area contributed by atoms with Crippen molar-refractivity contribution in [1.82, 2.24) is 25.6 Å². The lowest BCUT2D eigenvalue weighted by atomic mass is 10.0. The maximum absolute atomic E-state index is 12.7. The Morgan fingerprint density at radius 1 is 1.36 bits per heavy atom. The fourth-order valence-electron chi connectivity index (χ4n) is 3.29. The first-order valence-electron chi connectivity index (χ1n) is 9.55. The van der Waals surface area contributed by atoms with Gasteiger partial charge in [0.2, 0.25) is 5.91 Å². The zero-order chi connectivity index (χ0) is 24.1. The van der Waals surface area contributed by atoms with Crippen LogP contribution in [0.5, 0.6) is 5.75 Å². The third-order valence-electron chi connectivity index (χ3n) is 4.87. The second kappa shape index (κ2) is 10.7. The van der Waals surface area contributed by atoms with E-state index in [-0.39, 0.29) is 11.4 Å². The van der Waals surface area contributed by atoms with Crippen molar-refractivity contribution in [1.29, 1.82) is 0 Å². The topological polar surface area (TPSA) is 195 Å². The van der Waals surface area contributed by atoms with Crippen LogP contribution >= 0.6 is 23.5 Å². The number of carbonyl (C=O) groups is 3. The molecule has 33 heavy (non-hydrogen) atoms. The molecule has 4 rings (SSSR count). The predicted molar refractivity (Wildman–Crippen MR) is 120 cm³/mol. The molecule has 0 radical (unpaired) electrons. The number of aromatic hydroxyl groups is 1. The van der Waals surface area contributed by atoms with Crippen LogP contribution in [0.25, 0.3) is 0 Å². The summed E-state index contributed by atoms with van der Waals surface area (Å²) in [5.74, 6) is -1.45. The van der Waals surface area contributed by atoms with Gasteiger partial charge < -0.3 is 26.4 Å². The molecule has 2 aromatic rings. The highest BCUT2D eigenvalue weighted by Gasteiger charge is 2.54. The fourth-order valence-corrected chi connectivity index (χ4v) is 5.56. The van der Waals surface area contributed by atoms with Gasteiger partial charge in [-0.2, -0.15) is 10.3 Å². The first-order chi connectivity index (χ1) is 15.9. The summed E-state index contributed by atoms with van der Waals surface area (Å²) in [7, 11) is 1.00. The highest BCUT2D eigenvalue weighted by molar-refractivity contribution is 8.01. The van der Waals surface area contributed by atoms with Crippen molar-refractivity contribution in [3.05, 3.63) is 47.3 Å². The van der Waals surface area contributed by atoms with Crippen molar-refractivity contribution in [2.45, 2.75) is 22.5 Å². The van der Waals surface area contributed by atoms with E-state index in [2.05, 4.69) is 20.7 Å². The Labute approximate surface area is 196 Å². The SMILES string of the molecule is CO.NC(C(=O)NC1C(=O)N2C(C(=O)O)=C(CSc3cn[nH]n3)CS[C@@H]12)c1ccc(O)cc1. The Hall–Kier alpha value is -3.07. The number of aromatic nitrogens is 3. The van der Waals surface area contributed by atoms with Gasteiger partial charge in [-0.25, -0.2) is 4.79 Å². The number of aliphatic carboxylic acids is 1. The first-order valence-corrected chi connectivity index (χ1v) is 11.6. The van der Waals surface area contributed by atoms with Gasteiger partial charge in [0.25, 0.3) is 5.91 Å². The molecular formula is C19H22N6O6S2. The minimum atomic E-state index is -1.19. The number of thioether (sulfide) groups is 2. The number of carbonyl (C=O) groups excluding carboxylic acids is 2. The van der Waals surface area contributed by atoms with E-state index in [1.807, 2.05) is 0 Å². The number of fused-ring (bicyclic) bond motifs is 1. The van der Waals surface area contributed by atoms with Crippen molar-refractivity contribution < 1.29 is 29.7 Å². The molecule has 176 valence electrons. The predicted octanol–water partition coefficient (Wildman–Crippen LogP) is -0.350. The summed E-state index contributed by atoms with van der Waals surface area (Å²) in [5.41, 5.74) is 6.99. The van der Waals surface area contributed by atoms with Crippen LogP contribution in [0.1, 0.15) is 11.6 Å². The number of benzene rings is 1. The third kappa shape index (κ3) is 5.13. The summed E-state index contributed by atoms with van der Waals surface area (Å²) in [6.45, 7) is 0. The van der Waals surface area contributed by atoms with Crippen molar-refractivity contribution in [2.75, 3.05) is 18.6 Å². The van der Waals surface area contributed by atoms with E-state index < -0.39 is 35.2 Å². The molecule has 14 heteroatoms. The van der Waals surface area contributed by atoms with Gasteiger partial charge in [0.15, 0.2) is 0 Å². The Kier molecular flexibility index (Phi) is 7.97. The number of nitrogens with two attached hydrogens (primary N) is 1. The monoisotopic (exact) mass is 494 g/mol. The van der Waals surface area contributed by atoms with E-state index >= 15 is 0 Å². The lowest BCUT2D eigenvalue weighted by Gasteiger charge is -2.49. The van der Waals surface area contributed by atoms with Crippen molar-refractivity contribution in [3.63, 3.8) is 0 Å². The van der Waals surface area contributed by atoms with Crippen molar-refractivity contribution >= 4 is 41.3 Å².